The van der Waals surface area contributed by atoms with Crippen LogP contribution in [0.3, 0.4) is 0 Å². The number of aliphatic hydroxyl groups is 1. The molecule has 0 radical (unpaired) electrons. The molecule has 0 aliphatic carbocycles. The minimum Gasteiger partial charge on any atom is -0.462 e. The molecule has 0 spiro atoms. The number of esters is 4. The van der Waals surface area contributed by atoms with E-state index in [1.165, 1.54) is 186 Å². The number of unbranched alkanes of at least 4 members (excludes halogenated alkanes) is 39. The summed E-state index contributed by atoms with van der Waals surface area (Å²) in [6.45, 7) is 14.2. The number of ether oxygens (including phenoxy) is 4. The Morgan fingerprint density at radius 3 is 0.732 bits per heavy atom. The van der Waals surface area contributed by atoms with Gasteiger partial charge in [-0.25, -0.2) is 9.13 Å². The quantitative estimate of drug-likeness (QED) is 0.0222. The number of hydrogen-bond acceptors (Lipinski definition) is 15. The summed E-state index contributed by atoms with van der Waals surface area (Å²) in [7, 11) is -9.92. The first-order valence-corrected chi connectivity index (χ1v) is 43.3. The van der Waals surface area contributed by atoms with Crippen LogP contribution in [0.1, 0.15) is 396 Å². The van der Waals surface area contributed by atoms with E-state index in [0.717, 1.165) is 120 Å². The van der Waals surface area contributed by atoms with E-state index in [9.17, 15) is 43.2 Å². The highest BCUT2D eigenvalue weighted by molar-refractivity contribution is 7.47. The summed E-state index contributed by atoms with van der Waals surface area (Å²) in [6.07, 6.45) is 52.8. The van der Waals surface area contributed by atoms with E-state index in [1.54, 1.807) is 0 Å². The van der Waals surface area contributed by atoms with E-state index in [-0.39, 0.29) is 25.7 Å². The van der Waals surface area contributed by atoms with E-state index in [2.05, 4.69) is 55.4 Å². The summed E-state index contributed by atoms with van der Waals surface area (Å²) < 4.78 is 68.6. The Morgan fingerprint density at radius 2 is 0.495 bits per heavy atom. The lowest BCUT2D eigenvalue weighted by molar-refractivity contribution is -0.161. The van der Waals surface area contributed by atoms with Gasteiger partial charge in [-0.3, -0.25) is 37.3 Å². The second-order valence-corrected chi connectivity index (χ2v) is 32.4. The number of aliphatic hydroxyl groups excluding tert-OH is 1. The van der Waals surface area contributed by atoms with Crippen LogP contribution in [0.25, 0.3) is 0 Å². The summed E-state index contributed by atoms with van der Waals surface area (Å²) >= 11 is 0. The van der Waals surface area contributed by atoms with Crippen molar-refractivity contribution >= 4 is 39.5 Å². The number of rotatable bonds is 75. The molecule has 0 rings (SSSR count). The van der Waals surface area contributed by atoms with Gasteiger partial charge < -0.3 is 33.8 Å². The van der Waals surface area contributed by atoms with Gasteiger partial charge in [0.05, 0.1) is 26.4 Å². The molecule has 0 aliphatic rings. The summed E-state index contributed by atoms with van der Waals surface area (Å²) in [4.78, 5) is 72.8. The van der Waals surface area contributed by atoms with Gasteiger partial charge in [0.2, 0.25) is 0 Å². The van der Waals surface area contributed by atoms with Crippen molar-refractivity contribution in [2.24, 2.45) is 23.7 Å². The van der Waals surface area contributed by atoms with Crippen molar-refractivity contribution in [1.82, 2.24) is 0 Å². The lowest BCUT2D eigenvalue weighted by atomic mass is 9.99. The van der Waals surface area contributed by atoms with Crippen molar-refractivity contribution in [3.8, 4) is 0 Å². The molecule has 0 saturated carbocycles. The molecule has 0 bridgehead atoms. The average Bonchev–Trinajstić information content (AvgIpc) is 1.59. The molecule has 0 fully saturated rings. The third-order valence-corrected chi connectivity index (χ3v) is 20.7. The third kappa shape index (κ3) is 69.5. The molecule has 19 heteroatoms. The molecule has 0 aliphatic heterocycles. The van der Waals surface area contributed by atoms with E-state index >= 15 is 0 Å². The van der Waals surface area contributed by atoms with Crippen LogP contribution < -0.4 is 0 Å². The van der Waals surface area contributed by atoms with Crippen molar-refractivity contribution in [3.63, 3.8) is 0 Å². The van der Waals surface area contributed by atoms with E-state index in [0.29, 0.717) is 31.6 Å². The first-order valence-electron chi connectivity index (χ1n) is 40.3. The Bertz CT molecular complexity index is 1910. The maximum absolute atomic E-state index is 13.1. The minimum atomic E-state index is -4.96. The van der Waals surface area contributed by atoms with Gasteiger partial charge >= 0.3 is 39.5 Å². The molecule has 5 unspecified atom stereocenters. The predicted molar refractivity (Wildman–Crippen MR) is 395 cm³/mol. The normalized spacial score (nSPS) is 14.6. The molecule has 0 aromatic carbocycles. The molecule has 0 amide bonds. The Hall–Kier alpha value is -1.94. The van der Waals surface area contributed by atoms with Crippen LogP contribution >= 0.6 is 15.6 Å². The lowest BCUT2D eigenvalue weighted by Crippen LogP contribution is -2.30. The molecule has 97 heavy (non-hydrogen) atoms. The van der Waals surface area contributed by atoms with Crippen LogP contribution in [0.5, 0.6) is 0 Å². The Morgan fingerprint density at radius 1 is 0.289 bits per heavy atom. The molecule has 0 saturated heterocycles. The van der Waals surface area contributed by atoms with E-state index in [1.807, 2.05) is 0 Å². The number of phosphoric acid groups is 2. The number of carbonyl (C=O) groups excluding carboxylic acids is 4. The smallest absolute Gasteiger partial charge is 0.462 e. The van der Waals surface area contributed by atoms with Gasteiger partial charge in [-0.2, -0.15) is 0 Å². The Kier molecular flexibility index (Phi) is 65.9. The lowest BCUT2D eigenvalue weighted by Gasteiger charge is -2.21. The summed E-state index contributed by atoms with van der Waals surface area (Å²) in [6, 6.07) is 0. The number of carbonyl (C=O) groups is 4. The van der Waals surface area contributed by atoms with Gasteiger partial charge in [0.15, 0.2) is 12.2 Å². The Balaban J connectivity index is 5.20. The zero-order chi connectivity index (χ0) is 71.7. The van der Waals surface area contributed by atoms with Gasteiger partial charge in [-0.15, -0.1) is 0 Å². The van der Waals surface area contributed by atoms with Crippen molar-refractivity contribution in [1.29, 1.82) is 0 Å². The van der Waals surface area contributed by atoms with Crippen molar-refractivity contribution in [2.75, 3.05) is 39.6 Å². The number of hydrogen-bond donors (Lipinski definition) is 3. The van der Waals surface area contributed by atoms with Crippen LogP contribution in [0.15, 0.2) is 0 Å². The van der Waals surface area contributed by atoms with Crippen LogP contribution in [-0.4, -0.2) is 96.7 Å². The zero-order valence-corrected chi connectivity index (χ0v) is 65.5. The molecule has 0 heterocycles. The van der Waals surface area contributed by atoms with Crippen molar-refractivity contribution < 1.29 is 80.2 Å². The molecular weight excluding hydrogens is 1270 g/mol. The second-order valence-electron chi connectivity index (χ2n) is 29.5. The third-order valence-electron chi connectivity index (χ3n) is 18.8. The Labute approximate surface area is 594 Å². The van der Waals surface area contributed by atoms with Gasteiger partial charge in [0.1, 0.15) is 19.3 Å². The maximum Gasteiger partial charge on any atom is 0.472 e. The first-order chi connectivity index (χ1) is 46.7. The molecule has 17 nitrogen and oxygen atoms in total. The fourth-order valence-electron chi connectivity index (χ4n) is 11.8. The van der Waals surface area contributed by atoms with Gasteiger partial charge in [-0.05, 0) is 49.4 Å². The minimum absolute atomic E-state index is 0.106. The molecular formula is C78H152O17P2. The average molecular weight is 1420 g/mol. The van der Waals surface area contributed by atoms with Crippen LogP contribution in [-0.2, 0) is 65.4 Å². The molecule has 0 aromatic rings. The number of phosphoric ester groups is 2. The molecule has 576 valence electrons. The summed E-state index contributed by atoms with van der Waals surface area (Å²) in [5.74, 6) is 0.970. The van der Waals surface area contributed by atoms with Gasteiger partial charge in [0.25, 0.3) is 0 Å². The molecule has 0 aromatic heterocycles. The van der Waals surface area contributed by atoms with Crippen LogP contribution in [0, 0.1) is 23.7 Å². The summed E-state index contributed by atoms with van der Waals surface area (Å²) in [5.41, 5.74) is 0. The predicted octanol–water partition coefficient (Wildman–Crippen LogP) is 22.8. The standard InChI is InChI=1S/C78H152O17P2/c1-9-70(7)56-48-40-32-26-22-18-15-16-20-24-28-34-45-53-61-78(83)95-74(65-89-76(81)59-51-43-37-36-41-49-57-71(8)10-2)67-93-97(86,87)91-63-72(79)62-90-96(84,85)92-66-73(64-88-75(80)58-50-42-35-29-31-39-47-55-69(5)6)94-77(82)60-52-44-33-27-23-19-14-12-11-13-17-21-25-30-38-46-54-68(3)4/h68-74,79H,9-67H2,1-8H3,(H,84,85)(H,86,87)/t70?,71?,72?,73-,74-/m1/s1. The molecule has 7 atom stereocenters. The van der Waals surface area contributed by atoms with E-state index in [4.69, 9.17) is 37.0 Å². The fraction of sp³-hybridized carbons (Fsp3) is 0.949. The van der Waals surface area contributed by atoms with E-state index < -0.39 is 97.5 Å². The fourth-order valence-corrected chi connectivity index (χ4v) is 13.4. The summed E-state index contributed by atoms with van der Waals surface area (Å²) in [5, 5.41) is 10.6. The van der Waals surface area contributed by atoms with Crippen LogP contribution in [0.2, 0.25) is 0 Å². The largest absolute Gasteiger partial charge is 0.472 e. The topological polar surface area (TPSA) is 237 Å². The highest BCUT2D eigenvalue weighted by Gasteiger charge is 2.30. The monoisotopic (exact) mass is 1420 g/mol. The van der Waals surface area contributed by atoms with Crippen LogP contribution in [0.4, 0.5) is 0 Å². The SMILES string of the molecule is CCC(C)CCCCCCCCCCCCCCCCC(=O)O[C@H](COC(=O)CCCCCCCCC(C)CC)COP(=O)(O)OCC(O)COP(=O)(O)OC[C@@H](COC(=O)CCCCCCCCCC(C)C)OC(=O)CCCCCCCCCCCCCCCCCCC(C)C. The second kappa shape index (κ2) is 67.2. The first kappa shape index (κ1) is 95.1. The molecule has 3 N–H and O–H groups in total. The maximum atomic E-state index is 13.1. The zero-order valence-electron chi connectivity index (χ0n) is 63.7. The van der Waals surface area contributed by atoms with Crippen molar-refractivity contribution in [3.05, 3.63) is 0 Å². The van der Waals surface area contributed by atoms with Gasteiger partial charge in [-0.1, -0.05) is 344 Å². The van der Waals surface area contributed by atoms with Crippen molar-refractivity contribution in [2.45, 2.75) is 414 Å². The highest BCUT2D eigenvalue weighted by Crippen LogP contribution is 2.45. The highest BCUT2D eigenvalue weighted by atomic mass is 31.2. The van der Waals surface area contributed by atoms with Gasteiger partial charge in [0, 0.05) is 25.7 Å².